The van der Waals surface area contributed by atoms with E-state index in [1.807, 2.05) is 53.0 Å². The molecule has 5 heteroatoms. The highest BCUT2D eigenvalue weighted by Crippen LogP contribution is 2.47. The number of fused-ring (bicyclic) bond motifs is 8. The van der Waals surface area contributed by atoms with Gasteiger partial charge in [0.1, 0.15) is 5.52 Å². The van der Waals surface area contributed by atoms with Crippen molar-refractivity contribution in [2.24, 2.45) is 0 Å². The van der Waals surface area contributed by atoms with Crippen LogP contribution in [0.5, 0.6) is 0 Å². The molecule has 0 radical (unpaired) electrons. The Balaban J connectivity index is 1.16. The van der Waals surface area contributed by atoms with Crippen molar-refractivity contribution in [3.05, 3.63) is 158 Å². The summed E-state index contributed by atoms with van der Waals surface area (Å²) in [5.41, 5.74) is 8.39. The number of anilines is 3. The third kappa shape index (κ3) is 4.29. The number of para-hydroxylation sites is 1. The van der Waals surface area contributed by atoms with E-state index in [1.165, 1.54) is 40.6 Å². The zero-order valence-electron chi connectivity index (χ0n) is 25.6. The fourth-order valence-electron chi connectivity index (χ4n) is 6.93. The van der Waals surface area contributed by atoms with Crippen LogP contribution in [0.15, 0.2) is 162 Å². The lowest BCUT2D eigenvalue weighted by molar-refractivity contribution is 0.623. The van der Waals surface area contributed by atoms with Crippen LogP contribution in [0.25, 0.3) is 74.0 Å². The van der Waals surface area contributed by atoms with Crippen molar-refractivity contribution in [2.45, 2.75) is 0 Å². The van der Waals surface area contributed by atoms with Crippen molar-refractivity contribution in [3.8, 4) is 22.6 Å². The molecule has 0 amide bonds. The highest BCUT2D eigenvalue weighted by molar-refractivity contribution is 7.26. The van der Waals surface area contributed by atoms with E-state index >= 15 is 0 Å². The van der Waals surface area contributed by atoms with Gasteiger partial charge in [-0.2, -0.15) is 0 Å². The van der Waals surface area contributed by atoms with Gasteiger partial charge in [-0.25, -0.2) is 4.98 Å². The van der Waals surface area contributed by atoms with Gasteiger partial charge in [-0.05, 0) is 72.3 Å². The first-order valence-electron chi connectivity index (χ1n) is 16.0. The van der Waals surface area contributed by atoms with Gasteiger partial charge in [0.15, 0.2) is 5.58 Å². The maximum Gasteiger partial charge on any atom is 0.227 e. The molecular weight excluding hydrogens is 625 g/mol. The van der Waals surface area contributed by atoms with Crippen molar-refractivity contribution < 1.29 is 4.42 Å². The summed E-state index contributed by atoms with van der Waals surface area (Å²) in [5.74, 6) is 0.642. The van der Waals surface area contributed by atoms with E-state index in [1.54, 1.807) is 0 Å². The molecule has 0 fully saturated rings. The van der Waals surface area contributed by atoms with Crippen molar-refractivity contribution in [1.29, 1.82) is 0 Å². The predicted molar refractivity (Wildman–Crippen MR) is 205 cm³/mol. The van der Waals surface area contributed by atoms with Crippen molar-refractivity contribution in [3.63, 3.8) is 0 Å². The second-order valence-electron chi connectivity index (χ2n) is 11.9. The van der Waals surface area contributed by atoms with Gasteiger partial charge in [0, 0.05) is 62.8 Å². The van der Waals surface area contributed by atoms with Crippen LogP contribution in [0, 0.1) is 0 Å². The standard InChI is InChI=1S/C43H26N2OS2/c1-3-12-28(13-4-1)43-44-34-26-33(42-40(41(34)46-43)32-17-8-10-20-37(32)48-42)27-22-24-30(25-23-27)45(29-14-5-2-6-15-29)35-18-11-21-38-39(35)31-16-7-9-19-36(31)47-38/h1-26H. The van der Waals surface area contributed by atoms with Gasteiger partial charge in [0.25, 0.3) is 0 Å². The topological polar surface area (TPSA) is 29.3 Å². The largest absolute Gasteiger partial charge is 0.435 e. The molecule has 0 aliphatic heterocycles. The molecule has 3 nitrogen and oxygen atoms in total. The van der Waals surface area contributed by atoms with Gasteiger partial charge >= 0.3 is 0 Å². The van der Waals surface area contributed by atoms with Gasteiger partial charge in [-0.1, -0.05) is 91.0 Å². The Morgan fingerprint density at radius 2 is 1.12 bits per heavy atom. The van der Waals surface area contributed by atoms with Crippen LogP contribution in [0.3, 0.4) is 0 Å². The molecule has 0 atom stereocenters. The number of hydrogen-bond acceptors (Lipinski definition) is 5. The van der Waals surface area contributed by atoms with Crippen LogP contribution >= 0.6 is 22.7 Å². The predicted octanol–water partition coefficient (Wildman–Crippen LogP) is 13.4. The summed E-state index contributed by atoms with van der Waals surface area (Å²) >= 11 is 3.66. The summed E-state index contributed by atoms with van der Waals surface area (Å²) in [4.78, 5) is 7.39. The summed E-state index contributed by atoms with van der Waals surface area (Å²) in [5, 5.41) is 4.89. The maximum absolute atomic E-state index is 6.52. The van der Waals surface area contributed by atoms with E-state index in [2.05, 4.69) is 132 Å². The highest BCUT2D eigenvalue weighted by Gasteiger charge is 2.21. The minimum absolute atomic E-state index is 0.642. The lowest BCUT2D eigenvalue weighted by Gasteiger charge is -2.26. The van der Waals surface area contributed by atoms with Gasteiger partial charge in [0.2, 0.25) is 5.89 Å². The third-order valence-electron chi connectivity index (χ3n) is 9.09. The molecule has 48 heavy (non-hydrogen) atoms. The van der Waals surface area contributed by atoms with Crippen LogP contribution < -0.4 is 4.90 Å². The van der Waals surface area contributed by atoms with Crippen molar-refractivity contribution in [2.75, 3.05) is 4.90 Å². The average molecular weight is 651 g/mol. The summed E-state index contributed by atoms with van der Waals surface area (Å²) in [6.45, 7) is 0. The molecule has 0 aliphatic carbocycles. The summed E-state index contributed by atoms with van der Waals surface area (Å²) < 4.78 is 11.6. The summed E-state index contributed by atoms with van der Waals surface area (Å²) in [6.07, 6.45) is 0. The number of aromatic nitrogens is 1. The van der Waals surface area contributed by atoms with E-state index in [-0.39, 0.29) is 0 Å². The number of rotatable bonds is 5. The van der Waals surface area contributed by atoms with Crippen LogP contribution in [0.4, 0.5) is 17.1 Å². The van der Waals surface area contributed by atoms with Crippen LogP contribution in [0.2, 0.25) is 0 Å². The molecule has 0 spiro atoms. The smallest absolute Gasteiger partial charge is 0.227 e. The molecule has 0 unspecified atom stereocenters. The molecule has 3 aromatic heterocycles. The first kappa shape index (κ1) is 27.4. The fraction of sp³-hybridized carbons (Fsp3) is 0. The Labute approximate surface area is 284 Å². The molecule has 3 heterocycles. The highest BCUT2D eigenvalue weighted by atomic mass is 32.1. The lowest BCUT2D eigenvalue weighted by atomic mass is 10.0. The zero-order valence-corrected chi connectivity index (χ0v) is 27.3. The van der Waals surface area contributed by atoms with Crippen molar-refractivity contribution in [1.82, 2.24) is 4.98 Å². The van der Waals surface area contributed by atoms with Crippen LogP contribution in [-0.4, -0.2) is 4.98 Å². The molecule has 0 saturated heterocycles. The number of thiophene rings is 2. The Bertz CT molecular complexity index is 2780. The van der Waals surface area contributed by atoms with E-state index < -0.39 is 0 Å². The zero-order chi connectivity index (χ0) is 31.6. The SMILES string of the molecule is c1ccc(-c2nc3cc(-c4ccc(N(c5ccccc5)c5cccc6sc7ccccc7c56)cc4)c4sc5ccccc5c4c3o2)cc1. The van der Waals surface area contributed by atoms with E-state index in [9.17, 15) is 0 Å². The van der Waals surface area contributed by atoms with E-state index in [4.69, 9.17) is 9.40 Å². The molecular formula is C43H26N2OS2. The number of nitrogens with zero attached hydrogens (tertiary/aromatic N) is 2. The first-order chi connectivity index (χ1) is 23.8. The Morgan fingerprint density at radius 1 is 0.500 bits per heavy atom. The van der Waals surface area contributed by atoms with Crippen LogP contribution in [-0.2, 0) is 0 Å². The first-order valence-corrected chi connectivity index (χ1v) is 17.6. The van der Waals surface area contributed by atoms with Gasteiger partial charge < -0.3 is 9.32 Å². The third-order valence-corrected chi connectivity index (χ3v) is 11.4. The van der Waals surface area contributed by atoms with E-state index in [0.717, 1.165) is 44.6 Å². The summed E-state index contributed by atoms with van der Waals surface area (Å²) in [7, 11) is 0. The normalized spacial score (nSPS) is 11.8. The average Bonchev–Trinajstić information content (AvgIpc) is 3.86. The molecule has 0 aliphatic rings. The molecule has 226 valence electrons. The second kappa shape index (κ2) is 10.9. The molecule has 0 saturated carbocycles. The Hall–Kier alpha value is -5.75. The number of oxazole rings is 1. The molecule has 7 aromatic carbocycles. The molecule has 10 aromatic rings. The Morgan fingerprint density at radius 3 is 1.90 bits per heavy atom. The van der Waals surface area contributed by atoms with Crippen molar-refractivity contribution >= 4 is 91.2 Å². The number of hydrogen-bond donors (Lipinski definition) is 0. The monoisotopic (exact) mass is 650 g/mol. The quantitative estimate of drug-likeness (QED) is 0.186. The van der Waals surface area contributed by atoms with Gasteiger partial charge in [0.05, 0.1) is 5.69 Å². The van der Waals surface area contributed by atoms with Crippen LogP contribution in [0.1, 0.15) is 0 Å². The fourth-order valence-corrected chi connectivity index (χ4v) is 9.29. The van der Waals surface area contributed by atoms with E-state index in [0.29, 0.717) is 5.89 Å². The van der Waals surface area contributed by atoms with Gasteiger partial charge in [-0.15, -0.1) is 22.7 Å². The minimum Gasteiger partial charge on any atom is -0.435 e. The lowest BCUT2D eigenvalue weighted by Crippen LogP contribution is -2.10. The Kier molecular flexibility index (Phi) is 6.22. The second-order valence-corrected chi connectivity index (χ2v) is 14.1. The van der Waals surface area contributed by atoms with Gasteiger partial charge in [-0.3, -0.25) is 0 Å². The maximum atomic E-state index is 6.52. The molecule has 0 bridgehead atoms. The summed E-state index contributed by atoms with van der Waals surface area (Å²) in [6, 6.07) is 56.0. The minimum atomic E-state index is 0.642. The molecule has 10 rings (SSSR count). The molecule has 0 N–H and O–H groups in total. The number of benzene rings is 7.